The molecule has 0 atom stereocenters. The molecule has 0 radical (unpaired) electrons. The lowest BCUT2D eigenvalue weighted by atomic mass is 10.2. The van der Waals surface area contributed by atoms with E-state index in [0.717, 1.165) is 10.6 Å². The van der Waals surface area contributed by atoms with Crippen LogP contribution in [0.5, 0.6) is 5.75 Å². The molecule has 40 heavy (non-hydrogen) atoms. The summed E-state index contributed by atoms with van der Waals surface area (Å²) in [5, 5.41) is 8.38. The van der Waals surface area contributed by atoms with Crippen LogP contribution in [0.2, 0.25) is 0 Å². The molecular weight excluding hydrogens is 524 g/mol. The number of pyridine rings is 1. The fourth-order valence-corrected chi connectivity index (χ4v) is 4.25. The number of thioether (sulfide) groups is 1. The van der Waals surface area contributed by atoms with Gasteiger partial charge in [0.2, 0.25) is 5.91 Å². The Morgan fingerprint density at radius 1 is 0.850 bits per heavy atom. The second kappa shape index (κ2) is 14.3. The maximum absolute atomic E-state index is 13.1. The first kappa shape index (κ1) is 28.1. The summed E-state index contributed by atoms with van der Waals surface area (Å²) in [4.78, 5) is 43.2. The molecule has 0 aliphatic heterocycles. The van der Waals surface area contributed by atoms with E-state index in [1.54, 1.807) is 79.1 Å². The lowest BCUT2D eigenvalue weighted by Crippen LogP contribution is -2.30. The largest absolute Gasteiger partial charge is 0.494 e. The Kier molecular flexibility index (Phi) is 10.1. The van der Waals surface area contributed by atoms with Crippen LogP contribution in [0.25, 0.3) is 6.08 Å². The summed E-state index contributed by atoms with van der Waals surface area (Å²) in [6, 6.07) is 26.5. The zero-order chi connectivity index (χ0) is 28.2. The zero-order valence-electron chi connectivity index (χ0n) is 21.8. The third kappa shape index (κ3) is 8.57. The summed E-state index contributed by atoms with van der Waals surface area (Å²) in [6.45, 7) is 2.50. The quantitative estimate of drug-likeness (QED) is 0.165. The van der Waals surface area contributed by atoms with Gasteiger partial charge in [0.15, 0.2) is 0 Å². The van der Waals surface area contributed by atoms with Crippen LogP contribution in [0.15, 0.2) is 114 Å². The van der Waals surface area contributed by atoms with E-state index in [4.69, 9.17) is 4.74 Å². The number of nitrogens with zero attached hydrogens (tertiary/aromatic N) is 1. The number of benzene rings is 3. The van der Waals surface area contributed by atoms with Crippen molar-refractivity contribution in [2.45, 2.75) is 11.8 Å². The fraction of sp³-hybridized carbons (Fsp3) is 0.0968. The Labute approximate surface area is 236 Å². The number of carbonyl (C=O) groups excluding carboxylic acids is 3. The Hall–Kier alpha value is -4.89. The second-order valence-corrected chi connectivity index (χ2v) is 9.49. The van der Waals surface area contributed by atoms with Crippen molar-refractivity contribution in [3.8, 4) is 5.75 Å². The predicted molar refractivity (Wildman–Crippen MR) is 158 cm³/mol. The van der Waals surface area contributed by atoms with Gasteiger partial charge in [0.1, 0.15) is 11.4 Å². The molecular formula is C31H28N4O4S. The van der Waals surface area contributed by atoms with Gasteiger partial charge in [-0.1, -0.05) is 24.3 Å². The maximum Gasteiger partial charge on any atom is 0.272 e. The number of anilines is 2. The molecule has 3 amide bonds. The van der Waals surface area contributed by atoms with Crippen molar-refractivity contribution in [1.82, 2.24) is 10.3 Å². The highest BCUT2D eigenvalue weighted by molar-refractivity contribution is 8.00. The number of nitrogens with one attached hydrogen (secondary N) is 3. The lowest BCUT2D eigenvalue weighted by Gasteiger charge is -2.12. The van der Waals surface area contributed by atoms with Gasteiger partial charge >= 0.3 is 0 Å². The van der Waals surface area contributed by atoms with E-state index >= 15 is 0 Å². The van der Waals surface area contributed by atoms with Crippen LogP contribution in [-0.2, 0) is 9.59 Å². The summed E-state index contributed by atoms with van der Waals surface area (Å²) in [5.41, 5.74) is 2.41. The van der Waals surface area contributed by atoms with Crippen molar-refractivity contribution < 1.29 is 19.1 Å². The van der Waals surface area contributed by atoms with E-state index in [9.17, 15) is 14.4 Å². The molecule has 0 saturated carbocycles. The summed E-state index contributed by atoms with van der Waals surface area (Å²) < 4.78 is 5.41. The van der Waals surface area contributed by atoms with Gasteiger partial charge < -0.3 is 20.7 Å². The lowest BCUT2D eigenvalue weighted by molar-refractivity contribution is -0.114. The van der Waals surface area contributed by atoms with E-state index in [1.165, 1.54) is 11.8 Å². The summed E-state index contributed by atoms with van der Waals surface area (Å²) in [7, 11) is 0. The fourth-order valence-electron chi connectivity index (χ4n) is 3.55. The Morgan fingerprint density at radius 2 is 1.55 bits per heavy atom. The van der Waals surface area contributed by atoms with E-state index in [2.05, 4.69) is 20.9 Å². The van der Waals surface area contributed by atoms with Crippen molar-refractivity contribution in [1.29, 1.82) is 0 Å². The van der Waals surface area contributed by atoms with Gasteiger partial charge in [-0.25, -0.2) is 0 Å². The molecule has 8 nitrogen and oxygen atoms in total. The zero-order valence-corrected chi connectivity index (χ0v) is 22.6. The minimum atomic E-state index is -0.483. The summed E-state index contributed by atoms with van der Waals surface area (Å²) in [6.07, 6.45) is 4.79. The van der Waals surface area contributed by atoms with Gasteiger partial charge in [-0.15, -0.1) is 11.8 Å². The van der Waals surface area contributed by atoms with E-state index < -0.39 is 11.8 Å². The average molecular weight is 553 g/mol. The Morgan fingerprint density at radius 3 is 2.23 bits per heavy atom. The monoisotopic (exact) mass is 552 g/mol. The molecule has 0 spiro atoms. The van der Waals surface area contributed by atoms with Crippen LogP contribution < -0.4 is 20.7 Å². The first-order chi connectivity index (χ1) is 19.5. The SMILES string of the molecule is CCOc1ccc(NC(=O)CSc2ccc(NC(=O)/C(=C/c3cccnc3)NC(=O)c3ccccc3)cc2)cc1. The molecule has 4 rings (SSSR count). The molecule has 1 heterocycles. The van der Waals surface area contributed by atoms with Crippen LogP contribution >= 0.6 is 11.8 Å². The molecule has 4 aromatic rings. The van der Waals surface area contributed by atoms with E-state index in [0.29, 0.717) is 29.1 Å². The van der Waals surface area contributed by atoms with Crippen LogP contribution in [0.3, 0.4) is 0 Å². The molecule has 0 unspecified atom stereocenters. The second-order valence-electron chi connectivity index (χ2n) is 8.44. The van der Waals surface area contributed by atoms with Gasteiger partial charge in [0.25, 0.3) is 11.8 Å². The molecule has 0 fully saturated rings. The molecule has 0 aliphatic rings. The number of aromatic nitrogens is 1. The molecule has 1 aromatic heterocycles. The van der Waals surface area contributed by atoms with Gasteiger partial charge in [-0.05, 0) is 85.3 Å². The van der Waals surface area contributed by atoms with Crippen molar-refractivity contribution >= 4 is 46.9 Å². The van der Waals surface area contributed by atoms with Gasteiger partial charge in [-0.2, -0.15) is 0 Å². The van der Waals surface area contributed by atoms with Gasteiger partial charge in [-0.3, -0.25) is 19.4 Å². The molecule has 9 heteroatoms. The normalized spacial score (nSPS) is 10.9. The molecule has 202 valence electrons. The third-order valence-corrected chi connectivity index (χ3v) is 6.47. The standard InChI is InChI=1S/C31H28N4O4S/c1-2-39-26-14-10-24(11-15-26)33-29(36)21-40-27-16-12-25(13-17-27)34-31(38)28(19-22-7-6-18-32-20-22)35-30(37)23-8-4-3-5-9-23/h3-20H,2,21H2,1H3,(H,33,36)(H,34,38)(H,35,37)/b28-19-. The molecule has 0 aliphatic carbocycles. The minimum Gasteiger partial charge on any atom is -0.494 e. The highest BCUT2D eigenvalue weighted by Crippen LogP contribution is 2.22. The highest BCUT2D eigenvalue weighted by atomic mass is 32.2. The predicted octanol–water partition coefficient (Wildman–Crippen LogP) is 5.62. The average Bonchev–Trinajstić information content (AvgIpc) is 2.98. The van der Waals surface area contributed by atoms with Crippen LogP contribution in [0, 0.1) is 0 Å². The van der Waals surface area contributed by atoms with Crippen molar-refractivity contribution in [3.05, 3.63) is 120 Å². The Balaban J connectivity index is 1.35. The smallest absolute Gasteiger partial charge is 0.272 e. The van der Waals surface area contributed by atoms with Crippen molar-refractivity contribution in [2.24, 2.45) is 0 Å². The minimum absolute atomic E-state index is 0.0752. The number of rotatable bonds is 11. The Bertz CT molecular complexity index is 1460. The van der Waals surface area contributed by atoms with E-state index in [1.807, 2.05) is 37.3 Å². The third-order valence-electron chi connectivity index (χ3n) is 5.46. The first-order valence-corrected chi connectivity index (χ1v) is 13.5. The molecule has 3 N–H and O–H groups in total. The number of amides is 3. The van der Waals surface area contributed by atoms with Gasteiger partial charge in [0, 0.05) is 34.2 Å². The molecule has 0 bridgehead atoms. The number of ether oxygens (including phenoxy) is 1. The number of hydrogen-bond donors (Lipinski definition) is 3. The topological polar surface area (TPSA) is 109 Å². The van der Waals surface area contributed by atoms with E-state index in [-0.39, 0.29) is 17.4 Å². The first-order valence-electron chi connectivity index (χ1n) is 12.5. The van der Waals surface area contributed by atoms with Crippen LogP contribution in [0.1, 0.15) is 22.8 Å². The van der Waals surface area contributed by atoms with Crippen LogP contribution in [0.4, 0.5) is 11.4 Å². The number of carbonyl (C=O) groups is 3. The van der Waals surface area contributed by atoms with Crippen molar-refractivity contribution in [2.75, 3.05) is 23.0 Å². The molecule has 0 saturated heterocycles. The summed E-state index contributed by atoms with van der Waals surface area (Å²) in [5.74, 6) is -0.0433. The van der Waals surface area contributed by atoms with Crippen molar-refractivity contribution in [3.63, 3.8) is 0 Å². The highest BCUT2D eigenvalue weighted by Gasteiger charge is 2.15. The summed E-state index contributed by atoms with van der Waals surface area (Å²) >= 11 is 1.38. The van der Waals surface area contributed by atoms with Gasteiger partial charge in [0.05, 0.1) is 12.4 Å². The maximum atomic E-state index is 13.1. The molecule has 3 aromatic carbocycles. The number of hydrogen-bond acceptors (Lipinski definition) is 6. The van der Waals surface area contributed by atoms with Crippen LogP contribution in [-0.4, -0.2) is 35.1 Å².